The van der Waals surface area contributed by atoms with E-state index < -0.39 is 10.0 Å². The standard InChI is InChI=1S/C23H26N4O3S2/c1-16-4-6-17(7-5-16)22-20(15-25-10-12-26(13-11-25)32(3,28)29)27-19-9-8-18(30-2)14-21(19)31-23(27)24-22/h4-9,14H,10-13,15H2,1-3H3. The molecule has 0 bridgehead atoms. The van der Waals surface area contributed by atoms with Gasteiger partial charge in [0.1, 0.15) is 5.75 Å². The highest BCUT2D eigenvalue weighted by atomic mass is 32.2. The molecule has 0 spiro atoms. The van der Waals surface area contributed by atoms with Crippen LogP contribution in [0.25, 0.3) is 26.4 Å². The minimum atomic E-state index is -3.15. The number of hydrogen-bond donors (Lipinski definition) is 0. The van der Waals surface area contributed by atoms with Gasteiger partial charge in [-0.05, 0) is 25.1 Å². The molecule has 0 N–H and O–H groups in total. The molecule has 9 heteroatoms. The number of fused-ring (bicyclic) bond motifs is 3. The molecule has 2 aromatic heterocycles. The van der Waals surface area contributed by atoms with E-state index >= 15 is 0 Å². The van der Waals surface area contributed by atoms with Crippen LogP contribution in [0.2, 0.25) is 0 Å². The first-order chi connectivity index (χ1) is 15.3. The molecule has 0 saturated carbocycles. The Morgan fingerprint density at radius 2 is 1.78 bits per heavy atom. The van der Waals surface area contributed by atoms with Crippen LogP contribution in [0.5, 0.6) is 5.75 Å². The lowest BCUT2D eigenvalue weighted by molar-refractivity contribution is 0.180. The molecule has 4 aromatic rings. The number of methoxy groups -OCH3 is 1. The first-order valence-electron chi connectivity index (χ1n) is 10.6. The van der Waals surface area contributed by atoms with Gasteiger partial charge in [-0.25, -0.2) is 13.4 Å². The van der Waals surface area contributed by atoms with Crippen molar-refractivity contribution in [2.24, 2.45) is 0 Å². The van der Waals surface area contributed by atoms with Crippen molar-refractivity contribution in [2.45, 2.75) is 13.5 Å². The Balaban J connectivity index is 1.57. The summed E-state index contributed by atoms with van der Waals surface area (Å²) in [5.41, 5.74) is 5.54. The van der Waals surface area contributed by atoms with Gasteiger partial charge in [0, 0.05) is 38.3 Å². The molecule has 7 nitrogen and oxygen atoms in total. The summed E-state index contributed by atoms with van der Waals surface area (Å²) >= 11 is 1.66. The summed E-state index contributed by atoms with van der Waals surface area (Å²) in [5.74, 6) is 0.833. The zero-order chi connectivity index (χ0) is 22.5. The average molecular weight is 471 g/mol. The van der Waals surface area contributed by atoms with Gasteiger partial charge in [-0.2, -0.15) is 4.31 Å². The first kappa shape index (κ1) is 21.4. The molecule has 1 saturated heterocycles. The van der Waals surface area contributed by atoms with Crippen LogP contribution in [0.3, 0.4) is 0 Å². The van der Waals surface area contributed by atoms with Crippen molar-refractivity contribution in [2.75, 3.05) is 39.5 Å². The molecule has 0 aliphatic carbocycles. The second kappa shape index (κ2) is 8.15. The molecule has 1 aliphatic heterocycles. The SMILES string of the molecule is COc1ccc2c(c1)sc1nc(-c3ccc(C)cc3)c(CN3CCN(S(C)(=O)=O)CC3)n12. The number of aromatic nitrogens is 2. The number of nitrogens with zero attached hydrogens (tertiary/aromatic N) is 4. The Kier molecular flexibility index (Phi) is 5.45. The van der Waals surface area contributed by atoms with Crippen LogP contribution in [0.4, 0.5) is 0 Å². The van der Waals surface area contributed by atoms with E-state index in [0.717, 1.165) is 37.9 Å². The Bertz CT molecular complexity index is 1380. The fraction of sp³-hybridized carbons (Fsp3) is 0.348. The Hall–Kier alpha value is -2.46. The maximum absolute atomic E-state index is 11.9. The summed E-state index contributed by atoms with van der Waals surface area (Å²) in [6, 6.07) is 14.6. The van der Waals surface area contributed by atoms with Crippen LogP contribution in [0, 0.1) is 6.92 Å². The summed E-state index contributed by atoms with van der Waals surface area (Å²) in [7, 11) is -1.47. The smallest absolute Gasteiger partial charge is 0.211 e. The normalized spacial score (nSPS) is 16.2. The minimum absolute atomic E-state index is 0.516. The van der Waals surface area contributed by atoms with Crippen molar-refractivity contribution in [3.05, 3.63) is 53.7 Å². The molecule has 1 fully saturated rings. The third-order valence-electron chi connectivity index (χ3n) is 6.05. The van der Waals surface area contributed by atoms with E-state index in [1.54, 1.807) is 22.8 Å². The van der Waals surface area contributed by atoms with Gasteiger partial charge in [-0.1, -0.05) is 41.2 Å². The van der Waals surface area contributed by atoms with E-state index in [-0.39, 0.29) is 0 Å². The van der Waals surface area contributed by atoms with Crippen LogP contribution < -0.4 is 4.74 Å². The van der Waals surface area contributed by atoms with Crippen molar-refractivity contribution < 1.29 is 13.2 Å². The molecule has 0 radical (unpaired) electrons. The van der Waals surface area contributed by atoms with Crippen molar-refractivity contribution >= 4 is 36.5 Å². The van der Waals surface area contributed by atoms with Crippen molar-refractivity contribution in [1.29, 1.82) is 0 Å². The summed E-state index contributed by atoms with van der Waals surface area (Å²) in [5, 5.41) is 0. The van der Waals surface area contributed by atoms with Crippen LogP contribution in [-0.2, 0) is 16.6 Å². The molecular weight excluding hydrogens is 444 g/mol. The van der Waals surface area contributed by atoms with E-state index in [1.807, 2.05) is 6.07 Å². The van der Waals surface area contributed by atoms with Gasteiger partial charge in [0.05, 0.1) is 35.0 Å². The number of thiazole rings is 1. The lowest BCUT2D eigenvalue weighted by Gasteiger charge is -2.33. The molecule has 0 amide bonds. The summed E-state index contributed by atoms with van der Waals surface area (Å²) in [4.78, 5) is 8.30. The maximum Gasteiger partial charge on any atom is 0.211 e. The minimum Gasteiger partial charge on any atom is -0.497 e. The number of aryl methyl sites for hydroxylation is 1. The lowest BCUT2D eigenvalue weighted by Crippen LogP contribution is -2.47. The largest absolute Gasteiger partial charge is 0.497 e. The Morgan fingerprint density at radius 1 is 1.06 bits per heavy atom. The Morgan fingerprint density at radius 3 is 2.44 bits per heavy atom. The van der Waals surface area contributed by atoms with E-state index in [0.29, 0.717) is 32.7 Å². The summed E-state index contributed by atoms with van der Waals surface area (Å²) < 4.78 is 34.1. The third-order valence-corrected chi connectivity index (χ3v) is 8.36. The lowest BCUT2D eigenvalue weighted by atomic mass is 10.1. The van der Waals surface area contributed by atoms with Crippen LogP contribution in [0.1, 0.15) is 11.3 Å². The van der Waals surface area contributed by atoms with Crippen molar-refractivity contribution in [3.8, 4) is 17.0 Å². The summed E-state index contributed by atoms with van der Waals surface area (Å²) in [6.45, 7) is 5.22. The molecule has 1 aliphatic rings. The van der Waals surface area contributed by atoms with Gasteiger partial charge in [0.2, 0.25) is 10.0 Å². The number of ether oxygens (including phenoxy) is 1. The van der Waals surface area contributed by atoms with Gasteiger partial charge in [0.15, 0.2) is 4.96 Å². The third kappa shape index (κ3) is 3.90. The van der Waals surface area contributed by atoms with Crippen LogP contribution in [-0.4, -0.2) is 66.6 Å². The van der Waals surface area contributed by atoms with E-state index in [9.17, 15) is 8.42 Å². The molecular formula is C23H26N4O3S2. The fourth-order valence-electron chi connectivity index (χ4n) is 4.25. The summed E-state index contributed by atoms with van der Waals surface area (Å²) in [6.07, 6.45) is 1.28. The molecule has 0 unspecified atom stereocenters. The topological polar surface area (TPSA) is 67.2 Å². The van der Waals surface area contributed by atoms with Gasteiger partial charge in [-0.3, -0.25) is 9.30 Å². The predicted molar refractivity (Wildman–Crippen MR) is 129 cm³/mol. The van der Waals surface area contributed by atoms with Gasteiger partial charge < -0.3 is 4.74 Å². The average Bonchev–Trinajstić information content (AvgIpc) is 3.30. The highest BCUT2D eigenvalue weighted by Crippen LogP contribution is 2.35. The Labute approximate surface area is 191 Å². The predicted octanol–water partition coefficient (Wildman–Crippen LogP) is 3.61. The molecule has 2 aromatic carbocycles. The maximum atomic E-state index is 11.9. The second-order valence-corrected chi connectivity index (χ2v) is 11.3. The highest BCUT2D eigenvalue weighted by molar-refractivity contribution is 7.88. The molecule has 3 heterocycles. The molecule has 0 atom stereocenters. The first-order valence-corrected chi connectivity index (χ1v) is 13.2. The van der Waals surface area contributed by atoms with Gasteiger partial charge >= 0.3 is 0 Å². The van der Waals surface area contributed by atoms with Gasteiger partial charge in [0.25, 0.3) is 0 Å². The van der Waals surface area contributed by atoms with Gasteiger partial charge in [-0.15, -0.1) is 0 Å². The number of rotatable bonds is 5. The van der Waals surface area contributed by atoms with Crippen LogP contribution >= 0.6 is 11.3 Å². The van der Waals surface area contributed by atoms with Crippen molar-refractivity contribution in [3.63, 3.8) is 0 Å². The quantitative estimate of drug-likeness (QED) is 0.446. The molecule has 5 rings (SSSR count). The highest BCUT2D eigenvalue weighted by Gasteiger charge is 2.26. The number of benzene rings is 2. The number of piperazine rings is 1. The van der Waals surface area contributed by atoms with Crippen molar-refractivity contribution in [1.82, 2.24) is 18.6 Å². The monoisotopic (exact) mass is 470 g/mol. The van der Waals surface area contributed by atoms with E-state index in [1.165, 1.54) is 11.8 Å². The second-order valence-electron chi connectivity index (χ2n) is 8.27. The number of imidazole rings is 1. The molecule has 32 heavy (non-hydrogen) atoms. The van der Waals surface area contributed by atoms with E-state index in [4.69, 9.17) is 9.72 Å². The number of sulfonamides is 1. The number of hydrogen-bond acceptors (Lipinski definition) is 6. The fourth-order valence-corrected chi connectivity index (χ4v) is 6.15. The molecule has 168 valence electrons. The van der Waals surface area contributed by atoms with E-state index in [2.05, 4.69) is 52.6 Å². The van der Waals surface area contributed by atoms with Crippen LogP contribution in [0.15, 0.2) is 42.5 Å². The zero-order valence-corrected chi connectivity index (χ0v) is 20.0. The zero-order valence-electron chi connectivity index (χ0n) is 18.4.